The van der Waals surface area contributed by atoms with Crippen LogP contribution >= 0.6 is 11.3 Å². The largest absolute Gasteiger partial charge is 0.422 e. The molecule has 19 heavy (non-hydrogen) atoms. The van der Waals surface area contributed by atoms with Gasteiger partial charge in [-0.15, -0.1) is 10.2 Å². The van der Waals surface area contributed by atoms with Crippen LogP contribution in [0.1, 0.15) is 10.4 Å². The van der Waals surface area contributed by atoms with Crippen molar-refractivity contribution >= 4 is 28.2 Å². The third-order valence-electron chi connectivity index (χ3n) is 2.63. The molecule has 0 aliphatic carbocycles. The number of rotatable bonds is 2. The van der Waals surface area contributed by atoms with Crippen LogP contribution in [0.2, 0.25) is 0 Å². The molecule has 94 valence electrons. The first-order chi connectivity index (χ1) is 9.18. The summed E-state index contributed by atoms with van der Waals surface area (Å²) < 4.78 is 5.09. The zero-order valence-corrected chi connectivity index (χ0v) is 10.3. The number of para-hydroxylation sites is 1. The standard InChI is InChI=1S/C12H7N3O3S/c13-10(16)9-8(11-15-14-5-19-11)6-3-1-2-4-7(6)18-12(9)17/h1-5H,(H2,13,16). The van der Waals surface area contributed by atoms with E-state index in [-0.39, 0.29) is 5.56 Å². The number of hydrogen-bond donors (Lipinski definition) is 1. The molecule has 0 saturated carbocycles. The summed E-state index contributed by atoms with van der Waals surface area (Å²) in [6, 6.07) is 6.89. The van der Waals surface area contributed by atoms with Crippen LogP contribution in [-0.4, -0.2) is 16.1 Å². The molecule has 0 saturated heterocycles. The summed E-state index contributed by atoms with van der Waals surface area (Å²) in [6.45, 7) is 0. The van der Waals surface area contributed by atoms with Crippen LogP contribution in [0, 0.1) is 0 Å². The topological polar surface area (TPSA) is 99.1 Å². The smallest absolute Gasteiger partial charge is 0.349 e. The summed E-state index contributed by atoms with van der Waals surface area (Å²) in [5.74, 6) is -0.843. The van der Waals surface area contributed by atoms with E-state index in [0.717, 1.165) is 0 Å². The molecule has 2 heterocycles. The van der Waals surface area contributed by atoms with Gasteiger partial charge >= 0.3 is 5.63 Å². The lowest BCUT2D eigenvalue weighted by molar-refractivity contribution is 0.0997. The van der Waals surface area contributed by atoms with Crippen molar-refractivity contribution in [3.8, 4) is 10.6 Å². The maximum Gasteiger partial charge on any atom is 0.349 e. The zero-order valence-electron chi connectivity index (χ0n) is 9.49. The van der Waals surface area contributed by atoms with Crippen LogP contribution in [0.4, 0.5) is 0 Å². The quantitative estimate of drug-likeness (QED) is 0.712. The van der Waals surface area contributed by atoms with Gasteiger partial charge in [0.15, 0.2) is 0 Å². The molecule has 0 aliphatic heterocycles. The molecule has 7 heteroatoms. The number of nitrogens with zero attached hydrogens (tertiary/aromatic N) is 2. The molecule has 2 aromatic heterocycles. The summed E-state index contributed by atoms with van der Waals surface area (Å²) >= 11 is 1.22. The molecule has 3 rings (SSSR count). The number of amides is 1. The van der Waals surface area contributed by atoms with Gasteiger partial charge in [-0.05, 0) is 6.07 Å². The molecule has 0 fully saturated rings. The van der Waals surface area contributed by atoms with Gasteiger partial charge in [0.1, 0.15) is 21.7 Å². The maximum absolute atomic E-state index is 11.9. The molecule has 0 atom stereocenters. The van der Waals surface area contributed by atoms with E-state index in [1.165, 1.54) is 16.8 Å². The molecule has 1 amide bonds. The molecule has 0 bridgehead atoms. The predicted molar refractivity (Wildman–Crippen MR) is 69.9 cm³/mol. The first kappa shape index (κ1) is 11.5. The molecule has 6 nitrogen and oxygen atoms in total. The van der Waals surface area contributed by atoms with Crippen LogP contribution in [0.3, 0.4) is 0 Å². The highest BCUT2D eigenvalue weighted by Crippen LogP contribution is 2.30. The minimum Gasteiger partial charge on any atom is -0.422 e. The normalized spacial score (nSPS) is 10.7. The number of benzene rings is 1. The molecular weight excluding hydrogens is 266 g/mol. The Hall–Kier alpha value is -2.54. The summed E-state index contributed by atoms with van der Waals surface area (Å²) in [7, 11) is 0. The van der Waals surface area contributed by atoms with Gasteiger partial charge in [-0.2, -0.15) is 0 Å². The SMILES string of the molecule is NC(=O)c1c(-c2nncs2)c2ccccc2oc1=O. The van der Waals surface area contributed by atoms with Crippen molar-refractivity contribution in [1.82, 2.24) is 10.2 Å². The van der Waals surface area contributed by atoms with Gasteiger partial charge in [-0.3, -0.25) is 4.79 Å². The Morgan fingerprint density at radius 1 is 1.32 bits per heavy atom. The van der Waals surface area contributed by atoms with Gasteiger partial charge in [-0.25, -0.2) is 4.79 Å². The highest BCUT2D eigenvalue weighted by molar-refractivity contribution is 7.12. The minimum atomic E-state index is -0.843. The van der Waals surface area contributed by atoms with Gasteiger partial charge in [0.05, 0.1) is 0 Å². The fourth-order valence-corrected chi connectivity index (χ4v) is 2.50. The van der Waals surface area contributed by atoms with Crippen molar-refractivity contribution in [2.24, 2.45) is 5.73 Å². The average Bonchev–Trinajstić information content (AvgIpc) is 2.90. The molecule has 1 aromatic carbocycles. The Morgan fingerprint density at radius 2 is 2.11 bits per heavy atom. The first-order valence-corrected chi connectivity index (χ1v) is 6.18. The summed E-state index contributed by atoms with van der Waals surface area (Å²) in [5, 5.41) is 8.68. The van der Waals surface area contributed by atoms with Crippen LogP contribution in [0.15, 0.2) is 39.0 Å². The Morgan fingerprint density at radius 3 is 2.79 bits per heavy atom. The van der Waals surface area contributed by atoms with Crippen molar-refractivity contribution < 1.29 is 9.21 Å². The second-order valence-corrected chi connectivity index (χ2v) is 4.58. The highest BCUT2D eigenvalue weighted by atomic mass is 32.1. The minimum absolute atomic E-state index is 0.199. The lowest BCUT2D eigenvalue weighted by atomic mass is 10.0. The van der Waals surface area contributed by atoms with E-state index in [9.17, 15) is 9.59 Å². The number of carbonyl (C=O) groups excluding carboxylic acids is 1. The van der Waals surface area contributed by atoms with E-state index in [4.69, 9.17) is 10.2 Å². The summed E-state index contributed by atoms with van der Waals surface area (Å²) in [6.07, 6.45) is 0. The van der Waals surface area contributed by atoms with E-state index < -0.39 is 11.5 Å². The Kier molecular flexibility index (Phi) is 2.60. The van der Waals surface area contributed by atoms with Crippen LogP contribution in [-0.2, 0) is 0 Å². The second-order valence-electron chi connectivity index (χ2n) is 3.74. The summed E-state index contributed by atoms with van der Waals surface area (Å²) in [5.41, 5.74) is 6.58. The van der Waals surface area contributed by atoms with Crippen LogP contribution < -0.4 is 11.4 Å². The van der Waals surface area contributed by atoms with Gasteiger partial charge in [0.25, 0.3) is 5.91 Å². The second kappa shape index (κ2) is 4.29. The fraction of sp³-hybridized carbons (Fsp3) is 0. The number of nitrogens with two attached hydrogens (primary N) is 1. The Balaban J connectivity index is 2.53. The number of aromatic nitrogens is 2. The van der Waals surface area contributed by atoms with Crippen molar-refractivity contribution in [2.75, 3.05) is 0 Å². The first-order valence-electron chi connectivity index (χ1n) is 5.30. The van der Waals surface area contributed by atoms with Crippen molar-refractivity contribution in [3.05, 3.63) is 45.8 Å². The van der Waals surface area contributed by atoms with Crippen molar-refractivity contribution in [3.63, 3.8) is 0 Å². The number of primary amides is 1. The fourth-order valence-electron chi connectivity index (χ4n) is 1.88. The predicted octanol–water partition coefficient (Wildman–Crippen LogP) is 1.41. The van der Waals surface area contributed by atoms with E-state index in [1.54, 1.807) is 24.3 Å². The van der Waals surface area contributed by atoms with Crippen LogP contribution in [0.5, 0.6) is 0 Å². The monoisotopic (exact) mass is 273 g/mol. The molecule has 0 radical (unpaired) electrons. The average molecular weight is 273 g/mol. The molecule has 0 spiro atoms. The van der Waals surface area contributed by atoms with Gasteiger partial charge in [0.2, 0.25) is 0 Å². The molecule has 3 aromatic rings. The van der Waals surface area contributed by atoms with Crippen LogP contribution in [0.25, 0.3) is 21.5 Å². The van der Waals surface area contributed by atoms with Gasteiger partial charge in [-0.1, -0.05) is 29.5 Å². The van der Waals surface area contributed by atoms with E-state index >= 15 is 0 Å². The Labute approximate surface area is 110 Å². The zero-order chi connectivity index (χ0) is 13.4. The van der Waals surface area contributed by atoms with Gasteiger partial charge < -0.3 is 10.2 Å². The third-order valence-corrected chi connectivity index (χ3v) is 3.34. The molecular formula is C12H7N3O3S. The number of fused-ring (bicyclic) bond motifs is 1. The highest BCUT2D eigenvalue weighted by Gasteiger charge is 2.21. The molecule has 2 N–H and O–H groups in total. The molecule has 0 aliphatic rings. The Bertz CT molecular complexity index is 824. The van der Waals surface area contributed by atoms with Gasteiger partial charge in [0, 0.05) is 10.9 Å². The molecule has 0 unspecified atom stereocenters. The third kappa shape index (κ3) is 1.80. The summed E-state index contributed by atoms with van der Waals surface area (Å²) in [4.78, 5) is 23.4. The van der Waals surface area contributed by atoms with Crippen molar-refractivity contribution in [2.45, 2.75) is 0 Å². The van der Waals surface area contributed by atoms with E-state index in [0.29, 0.717) is 21.5 Å². The number of hydrogen-bond acceptors (Lipinski definition) is 6. The lowest BCUT2D eigenvalue weighted by Gasteiger charge is -2.05. The van der Waals surface area contributed by atoms with E-state index in [1.807, 2.05) is 0 Å². The van der Waals surface area contributed by atoms with Crippen molar-refractivity contribution in [1.29, 1.82) is 0 Å². The maximum atomic E-state index is 11.9. The lowest BCUT2D eigenvalue weighted by Crippen LogP contribution is -2.22. The number of carbonyl (C=O) groups is 1. The van der Waals surface area contributed by atoms with E-state index in [2.05, 4.69) is 10.2 Å².